The van der Waals surface area contributed by atoms with Crippen molar-refractivity contribution in [1.82, 2.24) is 19.9 Å². The third kappa shape index (κ3) is 4.67. The summed E-state index contributed by atoms with van der Waals surface area (Å²) in [5, 5.41) is 0. The topological polar surface area (TPSA) is 89.6 Å². The molecule has 33 heavy (non-hydrogen) atoms. The minimum absolute atomic E-state index is 0.0905. The van der Waals surface area contributed by atoms with Gasteiger partial charge in [-0.05, 0) is 25.1 Å². The number of alkyl halides is 4. The van der Waals surface area contributed by atoms with Gasteiger partial charge in [0.25, 0.3) is 5.92 Å². The van der Waals surface area contributed by atoms with Crippen LogP contribution in [0.15, 0.2) is 18.3 Å². The highest BCUT2D eigenvalue weighted by Crippen LogP contribution is 2.35. The number of ether oxygens (including phenoxy) is 2. The zero-order valence-electron chi connectivity index (χ0n) is 17.8. The molecule has 0 aromatic carbocycles. The number of halogens is 4. The summed E-state index contributed by atoms with van der Waals surface area (Å²) in [5.41, 5.74) is 7.16. The molecule has 8 nitrogen and oxygen atoms in total. The largest absolute Gasteiger partial charge is 0.431 e. The average molecular weight is 468 g/mol. The van der Waals surface area contributed by atoms with Crippen LogP contribution in [0.3, 0.4) is 0 Å². The number of nitrogens with two attached hydrogens (primary N) is 1. The Morgan fingerprint density at radius 1 is 1.18 bits per heavy atom. The van der Waals surface area contributed by atoms with Crippen LogP contribution in [0.5, 0.6) is 5.75 Å². The van der Waals surface area contributed by atoms with Crippen LogP contribution in [-0.4, -0.2) is 77.8 Å². The summed E-state index contributed by atoms with van der Waals surface area (Å²) >= 11 is 0. The molecule has 5 heterocycles. The van der Waals surface area contributed by atoms with Crippen LogP contribution in [0.2, 0.25) is 0 Å². The van der Waals surface area contributed by atoms with Gasteiger partial charge in [0, 0.05) is 37.2 Å². The number of likely N-dealkylation sites (tertiary alicyclic amines) is 1. The van der Waals surface area contributed by atoms with Crippen LogP contribution in [0.4, 0.5) is 29.3 Å². The van der Waals surface area contributed by atoms with Crippen molar-refractivity contribution in [1.29, 1.82) is 0 Å². The predicted octanol–water partition coefficient (Wildman–Crippen LogP) is 2.76. The van der Waals surface area contributed by atoms with Gasteiger partial charge in [0.15, 0.2) is 11.6 Å². The summed E-state index contributed by atoms with van der Waals surface area (Å²) in [7, 11) is 0. The number of hydrogen-bond acceptors (Lipinski definition) is 8. The van der Waals surface area contributed by atoms with Crippen LogP contribution in [0.25, 0.3) is 11.3 Å². The van der Waals surface area contributed by atoms with E-state index in [1.54, 1.807) is 6.07 Å². The summed E-state index contributed by atoms with van der Waals surface area (Å²) in [4.78, 5) is 16.9. The van der Waals surface area contributed by atoms with Crippen LogP contribution in [0.1, 0.15) is 24.5 Å². The van der Waals surface area contributed by atoms with Crippen molar-refractivity contribution in [2.24, 2.45) is 0 Å². The molecule has 3 aliphatic rings. The third-order valence-electron chi connectivity index (χ3n) is 6.36. The first-order valence-corrected chi connectivity index (χ1v) is 10.8. The van der Waals surface area contributed by atoms with Crippen molar-refractivity contribution in [3.63, 3.8) is 0 Å². The number of aromatic nitrogens is 3. The summed E-state index contributed by atoms with van der Waals surface area (Å²) in [5.74, 6) is -2.98. The summed E-state index contributed by atoms with van der Waals surface area (Å²) < 4.78 is 63.0. The van der Waals surface area contributed by atoms with Crippen molar-refractivity contribution in [3.8, 4) is 17.0 Å². The van der Waals surface area contributed by atoms with Crippen molar-refractivity contribution in [3.05, 3.63) is 24.0 Å². The third-order valence-corrected chi connectivity index (χ3v) is 6.36. The van der Waals surface area contributed by atoms with Crippen LogP contribution in [0, 0.1) is 0 Å². The number of pyridine rings is 1. The number of rotatable bonds is 6. The van der Waals surface area contributed by atoms with E-state index >= 15 is 0 Å². The highest BCUT2D eigenvalue weighted by Gasteiger charge is 2.40. The van der Waals surface area contributed by atoms with Gasteiger partial charge < -0.3 is 20.1 Å². The lowest BCUT2D eigenvalue weighted by Crippen LogP contribution is -2.47. The van der Waals surface area contributed by atoms with Crippen molar-refractivity contribution in [2.45, 2.75) is 37.3 Å². The highest BCUT2D eigenvalue weighted by atomic mass is 19.3. The second-order valence-corrected chi connectivity index (χ2v) is 8.66. The molecular formula is C21H24F4N6O2. The molecule has 2 aromatic rings. The molecule has 2 aromatic heterocycles. The smallest absolute Gasteiger partial charge is 0.387 e. The van der Waals surface area contributed by atoms with Crippen LogP contribution >= 0.6 is 0 Å². The first-order chi connectivity index (χ1) is 15.8. The Morgan fingerprint density at radius 3 is 2.67 bits per heavy atom. The van der Waals surface area contributed by atoms with Crippen LogP contribution in [-0.2, 0) is 4.74 Å². The fraction of sp³-hybridized carbons (Fsp3) is 0.571. The van der Waals surface area contributed by atoms with Crippen molar-refractivity contribution in [2.75, 3.05) is 50.0 Å². The minimum atomic E-state index is -3.06. The van der Waals surface area contributed by atoms with Crippen molar-refractivity contribution >= 4 is 11.8 Å². The SMILES string of the molecule is Nc1ncc(-c2cc(C3CCN(C4COC4)C3)nc(N3CCC(F)(F)C3)n2)cc1OC(F)F. The average Bonchev–Trinajstić information content (AvgIpc) is 3.34. The predicted molar refractivity (Wildman–Crippen MR) is 112 cm³/mol. The highest BCUT2D eigenvalue weighted by molar-refractivity contribution is 5.65. The molecule has 0 aliphatic carbocycles. The molecule has 0 amide bonds. The van der Waals surface area contributed by atoms with Gasteiger partial charge >= 0.3 is 6.61 Å². The fourth-order valence-corrected chi connectivity index (χ4v) is 4.44. The molecule has 1 atom stereocenters. The van der Waals surface area contributed by atoms with E-state index < -0.39 is 19.1 Å². The lowest BCUT2D eigenvalue weighted by molar-refractivity contribution is -0.0573. The summed E-state index contributed by atoms with van der Waals surface area (Å²) in [6.07, 6.45) is 1.99. The van der Waals surface area contributed by atoms with E-state index in [1.807, 2.05) is 0 Å². The maximum absolute atomic E-state index is 13.9. The Bertz CT molecular complexity index is 1020. The standard InChI is InChI=1S/C21H24F4N6O2/c22-19(23)33-17-5-13(7-27-18(17)26)16-6-15(12-1-3-30(8-12)14-9-32-10-14)28-20(29-16)31-4-2-21(24,25)11-31/h5-7,12,14,19H,1-4,8-11H2,(H2,26,27). The lowest BCUT2D eigenvalue weighted by Gasteiger charge is -2.34. The second kappa shape index (κ2) is 8.56. The molecule has 0 saturated carbocycles. The summed E-state index contributed by atoms with van der Waals surface area (Å²) in [6, 6.07) is 3.49. The van der Waals surface area contributed by atoms with E-state index in [2.05, 4.69) is 24.6 Å². The molecule has 5 rings (SSSR count). The number of nitrogen functional groups attached to an aromatic ring is 1. The normalized spacial score (nSPS) is 23.3. The number of nitrogens with zero attached hydrogens (tertiary/aromatic N) is 5. The first-order valence-electron chi connectivity index (χ1n) is 10.8. The zero-order valence-corrected chi connectivity index (χ0v) is 17.8. The Morgan fingerprint density at radius 2 is 2.00 bits per heavy atom. The Hall–Kier alpha value is -2.73. The molecule has 12 heteroatoms. The van der Waals surface area contributed by atoms with Gasteiger partial charge in [-0.25, -0.2) is 23.7 Å². The molecule has 3 saturated heterocycles. The van der Waals surface area contributed by atoms with Gasteiger partial charge in [0.1, 0.15) is 0 Å². The van der Waals surface area contributed by atoms with Crippen LogP contribution < -0.4 is 15.4 Å². The van der Waals surface area contributed by atoms with E-state index in [9.17, 15) is 17.6 Å². The Balaban J connectivity index is 1.49. The van der Waals surface area contributed by atoms with Gasteiger partial charge in [-0.2, -0.15) is 8.78 Å². The second-order valence-electron chi connectivity index (χ2n) is 8.66. The van der Waals surface area contributed by atoms with Gasteiger partial charge in [-0.3, -0.25) is 4.90 Å². The first kappa shape index (κ1) is 22.1. The Kier molecular flexibility index (Phi) is 5.73. The molecule has 1 unspecified atom stereocenters. The van der Waals surface area contributed by atoms with Gasteiger partial charge in [-0.1, -0.05) is 0 Å². The Labute approximate surface area is 187 Å². The van der Waals surface area contributed by atoms with E-state index in [0.29, 0.717) is 30.5 Å². The molecule has 2 N–H and O–H groups in total. The molecule has 178 valence electrons. The maximum Gasteiger partial charge on any atom is 0.387 e. The van der Waals surface area contributed by atoms with E-state index in [1.165, 1.54) is 17.2 Å². The van der Waals surface area contributed by atoms with E-state index in [-0.39, 0.29) is 36.4 Å². The number of anilines is 2. The molecule has 0 radical (unpaired) electrons. The zero-order chi connectivity index (χ0) is 23.2. The molecular weight excluding hydrogens is 444 g/mol. The van der Waals surface area contributed by atoms with Crippen molar-refractivity contribution < 1.29 is 27.0 Å². The quantitative estimate of drug-likeness (QED) is 0.648. The monoisotopic (exact) mass is 468 g/mol. The van der Waals surface area contributed by atoms with Gasteiger partial charge in [0.05, 0.1) is 37.2 Å². The van der Waals surface area contributed by atoms with E-state index in [4.69, 9.17) is 10.5 Å². The van der Waals surface area contributed by atoms with Gasteiger partial charge in [-0.15, -0.1) is 0 Å². The number of hydrogen-bond donors (Lipinski definition) is 1. The van der Waals surface area contributed by atoms with Gasteiger partial charge in [0.2, 0.25) is 5.95 Å². The minimum Gasteiger partial charge on any atom is -0.431 e. The lowest BCUT2D eigenvalue weighted by atomic mass is 10.0. The molecule has 3 aliphatic heterocycles. The summed E-state index contributed by atoms with van der Waals surface area (Å²) in [6.45, 7) is -0.310. The molecule has 3 fully saturated rings. The fourth-order valence-electron chi connectivity index (χ4n) is 4.44. The maximum atomic E-state index is 13.9. The molecule has 0 spiro atoms. The van der Waals surface area contributed by atoms with E-state index in [0.717, 1.165) is 25.2 Å². The molecule has 0 bridgehead atoms.